The molecule has 2 aromatic carbocycles. The largest absolute Gasteiger partial charge is 0.497 e. The van der Waals surface area contributed by atoms with Crippen molar-refractivity contribution in [3.8, 4) is 22.6 Å². The summed E-state index contributed by atoms with van der Waals surface area (Å²) in [6, 6.07) is 16.9. The summed E-state index contributed by atoms with van der Waals surface area (Å²) in [4.78, 5) is 16.6. The van der Waals surface area contributed by atoms with Crippen LogP contribution in [-0.4, -0.2) is 41.8 Å². The van der Waals surface area contributed by atoms with Gasteiger partial charge in [-0.05, 0) is 42.0 Å². The standard InChI is InChI=1S/C22H21N5O3/c1-23-21(28)18-11-8-15(13-19(18)30-3)24-22-25-20-17(5-4-12-27(20)26-22)14-6-9-16(29-2)10-7-14/h4-13H,1-3H3,(H,23,28)(H,24,26). The Balaban J connectivity index is 1.67. The van der Waals surface area contributed by atoms with Gasteiger partial charge in [-0.3, -0.25) is 4.79 Å². The zero-order chi connectivity index (χ0) is 21.1. The van der Waals surface area contributed by atoms with E-state index >= 15 is 0 Å². The number of methoxy groups -OCH3 is 2. The van der Waals surface area contributed by atoms with Crippen molar-refractivity contribution in [1.82, 2.24) is 19.9 Å². The molecule has 0 aliphatic carbocycles. The molecule has 0 saturated carbocycles. The number of aromatic nitrogens is 3. The molecule has 0 aliphatic heterocycles. The van der Waals surface area contributed by atoms with Gasteiger partial charge >= 0.3 is 0 Å². The van der Waals surface area contributed by atoms with Gasteiger partial charge in [-0.15, -0.1) is 5.10 Å². The highest BCUT2D eigenvalue weighted by molar-refractivity contribution is 5.97. The molecule has 4 rings (SSSR count). The molecule has 1 amide bonds. The average Bonchev–Trinajstić information content (AvgIpc) is 3.21. The molecule has 8 heteroatoms. The van der Waals surface area contributed by atoms with Gasteiger partial charge in [0.2, 0.25) is 5.95 Å². The van der Waals surface area contributed by atoms with Crippen molar-refractivity contribution < 1.29 is 14.3 Å². The van der Waals surface area contributed by atoms with Crippen LogP contribution in [0.1, 0.15) is 10.4 Å². The lowest BCUT2D eigenvalue weighted by atomic mass is 10.1. The molecule has 2 N–H and O–H groups in total. The number of anilines is 2. The smallest absolute Gasteiger partial charge is 0.254 e. The number of ether oxygens (including phenoxy) is 2. The van der Waals surface area contributed by atoms with E-state index in [2.05, 4.69) is 20.7 Å². The van der Waals surface area contributed by atoms with Crippen LogP contribution in [0.5, 0.6) is 11.5 Å². The van der Waals surface area contributed by atoms with Gasteiger partial charge in [0.15, 0.2) is 5.65 Å². The van der Waals surface area contributed by atoms with Gasteiger partial charge in [0.1, 0.15) is 11.5 Å². The first-order chi connectivity index (χ1) is 14.6. The SMILES string of the molecule is CNC(=O)c1ccc(Nc2nc3c(-c4ccc(OC)cc4)cccn3n2)cc1OC. The number of benzene rings is 2. The van der Waals surface area contributed by atoms with Crippen molar-refractivity contribution in [2.24, 2.45) is 0 Å². The van der Waals surface area contributed by atoms with Gasteiger partial charge in [-0.25, -0.2) is 4.52 Å². The molecule has 0 radical (unpaired) electrons. The summed E-state index contributed by atoms with van der Waals surface area (Å²) in [5.41, 5.74) is 3.85. The quantitative estimate of drug-likeness (QED) is 0.512. The van der Waals surface area contributed by atoms with Gasteiger partial charge in [-0.1, -0.05) is 12.1 Å². The van der Waals surface area contributed by atoms with Crippen LogP contribution in [0.15, 0.2) is 60.8 Å². The number of hydrogen-bond acceptors (Lipinski definition) is 6. The number of nitrogens with one attached hydrogen (secondary N) is 2. The fourth-order valence-corrected chi connectivity index (χ4v) is 3.18. The lowest BCUT2D eigenvalue weighted by molar-refractivity contribution is 0.0960. The van der Waals surface area contributed by atoms with E-state index in [-0.39, 0.29) is 5.91 Å². The summed E-state index contributed by atoms with van der Waals surface area (Å²) in [7, 11) is 4.74. The number of carbonyl (C=O) groups excluding carboxylic acids is 1. The van der Waals surface area contributed by atoms with Crippen LogP contribution >= 0.6 is 0 Å². The van der Waals surface area contributed by atoms with Crippen LogP contribution in [-0.2, 0) is 0 Å². The summed E-state index contributed by atoms with van der Waals surface area (Å²) in [5, 5.41) is 10.3. The van der Waals surface area contributed by atoms with Crippen LogP contribution < -0.4 is 20.1 Å². The molecule has 0 bridgehead atoms. The van der Waals surface area contributed by atoms with Gasteiger partial charge in [0, 0.05) is 30.6 Å². The molecule has 0 unspecified atom stereocenters. The second-order valence-electron chi connectivity index (χ2n) is 6.47. The topological polar surface area (TPSA) is 89.8 Å². The zero-order valence-corrected chi connectivity index (χ0v) is 16.8. The normalized spacial score (nSPS) is 10.6. The lowest BCUT2D eigenvalue weighted by Gasteiger charge is -2.09. The van der Waals surface area contributed by atoms with Gasteiger partial charge in [0.25, 0.3) is 5.91 Å². The molecule has 0 atom stereocenters. The molecule has 30 heavy (non-hydrogen) atoms. The van der Waals surface area contributed by atoms with E-state index in [9.17, 15) is 4.79 Å². The third-order valence-electron chi connectivity index (χ3n) is 4.69. The second kappa shape index (κ2) is 8.12. The maximum absolute atomic E-state index is 11.9. The molecule has 0 saturated heterocycles. The highest BCUT2D eigenvalue weighted by atomic mass is 16.5. The van der Waals surface area contributed by atoms with E-state index < -0.39 is 0 Å². The summed E-state index contributed by atoms with van der Waals surface area (Å²) in [6.07, 6.45) is 1.84. The van der Waals surface area contributed by atoms with Crippen molar-refractivity contribution in [2.45, 2.75) is 0 Å². The molecule has 0 spiro atoms. The maximum Gasteiger partial charge on any atom is 0.254 e. The minimum Gasteiger partial charge on any atom is -0.497 e. The van der Waals surface area contributed by atoms with Crippen LogP contribution in [0, 0.1) is 0 Å². The number of nitrogens with zero attached hydrogens (tertiary/aromatic N) is 3. The lowest BCUT2D eigenvalue weighted by Crippen LogP contribution is -2.18. The highest BCUT2D eigenvalue weighted by Crippen LogP contribution is 2.28. The van der Waals surface area contributed by atoms with Gasteiger partial charge in [0.05, 0.1) is 19.8 Å². The van der Waals surface area contributed by atoms with E-state index in [4.69, 9.17) is 9.47 Å². The number of pyridine rings is 1. The van der Waals surface area contributed by atoms with Crippen molar-refractivity contribution in [3.63, 3.8) is 0 Å². The molecule has 8 nitrogen and oxygen atoms in total. The third-order valence-corrected chi connectivity index (χ3v) is 4.69. The molecule has 0 aliphatic rings. The van der Waals surface area contributed by atoms with Crippen LogP contribution in [0.2, 0.25) is 0 Å². The van der Waals surface area contributed by atoms with E-state index in [0.717, 1.165) is 22.5 Å². The molecule has 0 fully saturated rings. The monoisotopic (exact) mass is 403 g/mol. The van der Waals surface area contributed by atoms with E-state index in [0.29, 0.717) is 22.9 Å². The Morgan fingerprint density at radius 1 is 1.03 bits per heavy atom. The Morgan fingerprint density at radius 3 is 2.53 bits per heavy atom. The molecular weight excluding hydrogens is 382 g/mol. The number of fused-ring (bicyclic) bond motifs is 1. The van der Waals surface area contributed by atoms with E-state index in [1.54, 1.807) is 36.9 Å². The Morgan fingerprint density at radius 2 is 1.83 bits per heavy atom. The predicted molar refractivity (Wildman–Crippen MR) is 115 cm³/mol. The molecule has 152 valence electrons. The molecule has 2 aromatic heterocycles. The van der Waals surface area contributed by atoms with Gasteiger partial charge < -0.3 is 20.1 Å². The summed E-state index contributed by atoms with van der Waals surface area (Å²) >= 11 is 0. The average molecular weight is 403 g/mol. The van der Waals surface area contributed by atoms with Crippen LogP contribution in [0.3, 0.4) is 0 Å². The first-order valence-electron chi connectivity index (χ1n) is 9.30. The minimum atomic E-state index is -0.214. The van der Waals surface area contributed by atoms with Crippen LogP contribution in [0.25, 0.3) is 16.8 Å². The first-order valence-corrected chi connectivity index (χ1v) is 9.30. The van der Waals surface area contributed by atoms with E-state index in [1.165, 1.54) is 7.11 Å². The zero-order valence-electron chi connectivity index (χ0n) is 16.8. The van der Waals surface area contributed by atoms with Crippen LogP contribution in [0.4, 0.5) is 11.6 Å². The summed E-state index contributed by atoms with van der Waals surface area (Å²) in [6.45, 7) is 0. The fourth-order valence-electron chi connectivity index (χ4n) is 3.18. The number of amides is 1. The van der Waals surface area contributed by atoms with Gasteiger partial charge in [-0.2, -0.15) is 4.98 Å². The maximum atomic E-state index is 11.9. The number of hydrogen-bond donors (Lipinski definition) is 2. The second-order valence-corrected chi connectivity index (χ2v) is 6.47. The van der Waals surface area contributed by atoms with Crippen molar-refractivity contribution >= 4 is 23.2 Å². The Bertz CT molecular complexity index is 1200. The Labute approximate surface area is 173 Å². The summed E-state index contributed by atoms with van der Waals surface area (Å²) in [5.74, 6) is 1.48. The fraction of sp³-hybridized carbons (Fsp3) is 0.136. The predicted octanol–water partition coefficient (Wildman–Crippen LogP) is 3.52. The first kappa shape index (κ1) is 19.3. The van der Waals surface area contributed by atoms with Crippen molar-refractivity contribution in [1.29, 1.82) is 0 Å². The Hall–Kier alpha value is -4.07. The minimum absolute atomic E-state index is 0.214. The molecule has 4 aromatic rings. The number of rotatable bonds is 6. The molecule has 2 heterocycles. The van der Waals surface area contributed by atoms with Crippen molar-refractivity contribution in [2.75, 3.05) is 26.6 Å². The molecular formula is C22H21N5O3. The van der Waals surface area contributed by atoms with E-state index in [1.807, 2.05) is 42.6 Å². The Kier molecular flexibility index (Phi) is 5.21. The summed E-state index contributed by atoms with van der Waals surface area (Å²) < 4.78 is 12.3. The highest BCUT2D eigenvalue weighted by Gasteiger charge is 2.13. The third kappa shape index (κ3) is 3.62. The number of carbonyl (C=O) groups is 1. The van der Waals surface area contributed by atoms with Crippen molar-refractivity contribution in [3.05, 3.63) is 66.4 Å².